The van der Waals surface area contributed by atoms with E-state index in [1.54, 1.807) is 29.2 Å². The van der Waals surface area contributed by atoms with Gasteiger partial charge in [0.1, 0.15) is 0 Å². The largest absolute Gasteiger partial charge is 0.339 e. The first-order valence-electron chi connectivity index (χ1n) is 8.42. The predicted molar refractivity (Wildman–Crippen MR) is 96.6 cm³/mol. The predicted octanol–water partition coefficient (Wildman–Crippen LogP) is 3.31. The van der Waals surface area contributed by atoms with Gasteiger partial charge in [-0.3, -0.25) is 4.79 Å². The van der Waals surface area contributed by atoms with E-state index in [1.807, 2.05) is 12.1 Å². The molecule has 1 aromatic carbocycles. The van der Waals surface area contributed by atoms with Crippen LogP contribution in [-0.4, -0.2) is 42.8 Å². The Kier molecular flexibility index (Phi) is 5.30. The normalized spacial score (nSPS) is 20.3. The second-order valence-electron chi connectivity index (χ2n) is 6.55. The first-order chi connectivity index (χ1) is 11.5. The van der Waals surface area contributed by atoms with Crippen molar-refractivity contribution < 1.29 is 13.2 Å². The molecular weight excluding hydrogens is 346 g/mol. The highest BCUT2D eigenvalue weighted by Crippen LogP contribution is 2.32. The summed E-state index contributed by atoms with van der Waals surface area (Å²) in [6.07, 6.45) is 7.06. The molecule has 3 rings (SSSR count). The van der Waals surface area contributed by atoms with Gasteiger partial charge in [0.2, 0.25) is 5.91 Å². The zero-order chi connectivity index (χ0) is 17.2. The Balaban J connectivity index is 1.54. The van der Waals surface area contributed by atoms with Crippen LogP contribution in [0.2, 0.25) is 5.02 Å². The number of hydrogen-bond donors (Lipinski definition) is 0. The number of amides is 1. The van der Waals surface area contributed by atoms with Crippen molar-refractivity contribution in [3.05, 3.63) is 40.9 Å². The van der Waals surface area contributed by atoms with E-state index in [-0.39, 0.29) is 16.4 Å². The van der Waals surface area contributed by atoms with Gasteiger partial charge in [-0.1, -0.05) is 30.2 Å². The van der Waals surface area contributed by atoms with E-state index < -0.39 is 9.84 Å². The Morgan fingerprint density at radius 3 is 2.17 bits per heavy atom. The fraction of sp³-hybridized carbons (Fsp3) is 0.500. The number of rotatable bonds is 4. The van der Waals surface area contributed by atoms with Crippen LogP contribution in [0, 0.1) is 0 Å². The summed E-state index contributed by atoms with van der Waals surface area (Å²) in [6.45, 7) is 1.03. The molecule has 1 saturated carbocycles. The molecule has 130 valence electrons. The molecule has 1 aliphatic heterocycles. The summed E-state index contributed by atoms with van der Waals surface area (Å²) < 4.78 is 24.9. The molecule has 0 N–H and O–H groups in total. The molecule has 0 unspecified atom stereocenters. The molecule has 2 fully saturated rings. The van der Waals surface area contributed by atoms with Crippen LogP contribution in [0.4, 0.5) is 0 Å². The molecule has 0 spiro atoms. The number of sulfone groups is 1. The number of hydrogen-bond acceptors (Lipinski definition) is 3. The minimum absolute atomic E-state index is 0.0653. The van der Waals surface area contributed by atoms with E-state index in [9.17, 15) is 13.2 Å². The van der Waals surface area contributed by atoms with Gasteiger partial charge in [0.05, 0.1) is 10.5 Å². The van der Waals surface area contributed by atoms with Gasteiger partial charge < -0.3 is 4.90 Å². The minimum atomic E-state index is -3.00. The molecule has 6 heteroatoms. The second kappa shape index (κ2) is 7.28. The molecular formula is C18H22ClNO3S. The van der Waals surface area contributed by atoms with Crippen LogP contribution in [-0.2, 0) is 14.6 Å². The average Bonchev–Trinajstić information content (AvgIpc) is 2.52. The van der Waals surface area contributed by atoms with Crippen LogP contribution in [0.15, 0.2) is 30.3 Å². The van der Waals surface area contributed by atoms with Crippen LogP contribution in [0.25, 0.3) is 6.08 Å². The van der Waals surface area contributed by atoms with E-state index in [2.05, 4.69) is 0 Å². The number of halogens is 1. The molecule has 0 radical (unpaired) electrons. The molecule has 1 heterocycles. The summed E-state index contributed by atoms with van der Waals surface area (Å²) >= 11 is 5.84. The highest BCUT2D eigenvalue weighted by atomic mass is 35.5. The number of nitrogens with zero attached hydrogens (tertiary/aromatic N) is 1. The van der Waals surface area contributed by atoms with Crippen LogP contribution < -0.4 is 0 Å². The Labute approximate surface area is 148 Å². The lowest BCUT2D eigenvalue weighted by molar-refractivity contribution is -0.126. The molecule has 2 aliphatic rings. The molecule has 0 atom stereocenters. The fourth-order valence-electron chi connectivity index (χ4n) is 3.22. The van der Waals surface area contributed by atoms with E-state index in [0.717, 1.165) is 24.8 Å². The van der Waals surface area contributed by atoms with Crippen molar-refractivity contribution in [3.63, 3.8) is 0 Å². The van der Waals surface area contributed by atoms with Gasteiger partial charge in [-0.15, -0.1) is 0 Å². The molecule has 0 bridgehead atoms. The van der Waals surface area contributed by atoms with Crippen molar-refractivity contribution in [2.75, 3.05) is 13.1 Å². The Morgan fingerprint density at radius 1 is 1.04 bits per heavy atom. The fourth-order valence-corrected chi connectivity index (χ4v) is 5.75. The van der Waals surface area contributed by atoms with Gasteiger partial charge in [-0.25, -0.2) is 8.42 Å². The van der Waals surface area contributed by atoms with Crippen LogP contribution in [0.5, 0.6) is 0 Å². The second-order valence-corrected chi connectivity index (χ2v) is 9.50. The standard InChI is InChI=1S/C18H22ClNO3S/c19-15-7-4-14(5-8-15)6-9-18(21)20-12-10-17(11-13-20)24(22,23)16-2-1-3-16/h4-9,16-17H,1-3,10-13H2/b9-6+. The topological polar surface area (TPSA) is 54.5 Å². The van der Waals surface area contributed by atoms with E-state index in [1.165, 1.54) is 0 Å². The molecule has 1 amide bonds. The summed E-state index contributed by atoms with van der Waals surface area (Å²) in [6, 6.07) is 7.26. The first-order valence-corrected chi connectivity index (χ1v) is 10.4. The lowest BCUT2D eigenvalue weighted by Gasteiger charge is -2.35. The SMILES string of the molecule is O=C(/C=C/c1ccc(Cl)cc1)N1CCC(S(=O)(=O)C2CCC2)CC1. The number of carbonyl (C=O) groups is 1. The maximum Gasteiger partial charge on any atom is 0.246 e. The van der Waals surface area contributed by atoms with Gasteiger partial charge in [0.15, 0.2) is 9.84 Å². The average molecular weight is 368 g/mol. The lowest BCUT2D eigenvalue weighted by atomic mass is 10.00. The summed E-state index contributed by atoms with van der Waals surface area (Å²) in [5.74, 6) is -0.0653. The Hall–Kier alpha value is -1.33. The summed E-state index contributed by atoms with van der Waals surface area (Å²) in [5, 5.41) is 0.259. The third-order valence-corrected chi connectivity index (χ3v) is 8.08. The number of likely N-dealkylation sites (tertiary alicyclic amines) is 1. The maximum atomic E-state index is 12.5. The lowest BCUT2D eigenvalue weighted by Crippen LogP contribution is -2.45. The molecule has 1 aliphatic carbocycles. The number of piperidine rings is 1. The summed E-state index contributed by atoms with van der Waals surface area (Å²) in [4.78, 5) is 14.0. The smallest absolute Gasteiger partial charge is 0.246 e. The third-order valence-electron chi connectivity index (χ3n) is 5.02. The van der Waals surface area contributed by atoms with Crippen molar-refractivity contribution in [2.24, 2.45) is 0 Å². The van der Waals surface area contributed by atoms with Crippen LogP contribution in [0.1, 0.15) is 37.7 Å². The highest BCUT2D eigenvalue weighted by molar-refractivity contribution is 7.92. The van der Waals surface area contributed by atoms with Gasteiger partial charge in [-0.05, 0) is 49.5 Å². The third kappa shape index (κ3) is 3.83. The van der Waals surface area contributed by atoms with Crippen LogP contribution in [0.3, 0.4) is 0 Å². The Bertz CT molecular complexity index is 715. The van der Waals surface area contributed by atoms with E-state index in [0.29, 0.717) is 31.0 Å². The number of carbonyl (C=O) groups excluding carboxylic acids is 1. The maximum absolute atomic E-state index is 12.5. The zero-order valence-corrected chi connectivity index (χ0v) is 15.1. The summed E-state index contributed by atoms with van der Waals surface area (Å²) in [5.41, 5.74) is 0.912. The Morgan fingerprint density at radius 2 is 1.62 bits per heavy atom. The highest BCUT2D eigenvalue weighted by Gasteiger charge is 2.39. The van der Waals surface area contributed by atoms with Crippen molar-refractivity contribution in [1.29, 1.82) is 0 Å². The van der Waals surface area contributed by atoms with Crippen molar-refractivity contribution in [3.8, 4) is 0 Å². The van der Waals surface area contributed by atoms with Gasteiger partial charge in [-0.2, -0.15) is 0 Å². The van der Waals surface area contributed by atoms with E-state index in [4.69, 9.17) is 11.6 Å². The van der Waals surface area contributed by atoms with Crippen molar-refractivity contribution >= 4 is 33.4 Å². The monoisotopic (exact) mass is 367 g/mol. The van der Waals surface area contributed by atoms with Crippen molar-refractivity contribution in [1.82, 2.24) is 4.90 Å². The van der Waals surface area contributed by atoms with Crippen LogP contribution >= 0.6 is 11.6 Å². The molecule has 0 aromatic heterocycles. The van der Waals surface area contributed by atoms with Gasteiger partial charge >= 0.3 is 0 Å². The zero-order valence-electron chi connectivity index (χ0n) is 13.5. The molecule has 1 saturated heterocycles. The van der Waals surface area contributed by atoms with Gasteiger partial charge in [0.25, 0.3) is 0 Å². The quantitative estimate of drug-likeness (QED) is 0.767. The van der Waals surface area contributed by atoms with Crippen molar-refractivity contribution in [2.45, 2.75) is 42.6 Å². The van der Waals surface area contributed by atoms with E-state index >= 15 is 0 Å². The van der Waals surface area contributed by atoms with Gasteiger partial charge in [0, 0.05) is 24.2 Å². The minimum Gasteiger partial charge on any atom is -0.339 e. The molecule has 4 nitrogen and oxygen atoms in total. The summed E-state index contributed by atoms with van der Waals surface area (Å²) in [7, 11) is -3.00. The number of benzene rings is 1. The molecule has 24 heavy (non-hydrogen) atoms. The first kappa shape index (κ1) is 17.5. The molecule has 1 aromatic rings.